The third-order valence-electron chi connectivity index (χ3n) is 10.3. The van der Waals surface area contributed by atoms with Crippen LogP contribution in [0.1, 0.15) is 130 Å². The molecule has 0 saturated carbocycles. The summed E-state index contributed by atoms with van der Waals surface area (Å²) >= 11 is 0. The molecule has 0 amide bonds. The number of unbranched alkanes of at least 4 members (excludes halogenated alkanes) is 10. The molecule has 12 nitrogen and oxygen atoms in total. The lowest BCUT2D eigenvalue weighted by molar-refractivity contribution is 0.395. The van der Waals surface area contributed by atoms with Crippen molar-refractivity contribution in [3.05, 3.63) is 108 Å². The molecule has 4 aromatic rings. The Balaban J connectivity index is 1.57. The molecule has 1 N–H and O–H groups in total. The van der Waals surface area contributed by atoms with Gasteiger partial charge in [0.15, 0.2) is 11.4 Å². The van der Waals surface area contributed by atoms with Crippen LogP contribution in [0, 0.1) is 47.8 Å². The van der Waals surface area contributed by atoms with Crippen molar-refractivity contribution in [3.8, 4) is 24.1 Å². The average Bonchev–Trinajstić information content (AvgIpc) is 3.21. The third kappa shape index (κ3) is 11.7. The Hall–Kier alpha value is -6.19. The van der Waals surface area contributed by atoms with Crippen molar-refractivity contribution in [2.24, 2.45) is 20.5 Å². The number of aryl methyl sites for hydroxylation is 2. The fourth-order valence-electron chi connectivity index (χ4n) is 6.76. The first kappa shape index (κ1) is 43.5. The first-order chi connectivity index (χ1) is 27.7. The van der Waals surface area contributed by atoms with Gasteiger partial charge in [-0.3, -0.25) is 18.7 Å². The van der Waals surface area contributed by atoms with E-state index in [4.69, 9.17) is 0 Å². The summed E-state index contributed by atoms with van der Waals surface area (Å²) in [7, 11) is 0. The Bertz CT molecular complexity index is 2280. The van der Waals surface area contributed by atoms with Gasteiger partial charge in [0.1, 0.15) is 35.0 Å². The molecule has 0 aliphatic heterocycles. The number of nitrogens with zero attached hydrogens (tertiary/aromatic N) is 9. The van der Waals surface area contributed by atoms with Crippen molar-refractivity contribution >= 4 is 22.7 Å². The van der Waals surface area contributed by atoms with Crippen LogP contribution in [-0.4, -0.2) is 14.2 Å². The quantitative estimate of drug-likeness (QED) is 0.0649. The van der Waals surface area contributed by atoms with Gasteiger partial charge in [0.25, 0.3) is 11.1 Å². The summed E-state index contributed by atoms with van der Waals surface area (Å²) in [4.78, 5) is 27.0. The van der Waals surface area contributed by atoms with Crippen LogP contribution >= 0.6 is 0 Å². The molecule has 12 heteroatoms. The second-order valence-corrected chi connectivity index (χ2v) is 14.4. The van der Waals surface area contributed by atoms with E-state index >= 15 is 0 Å². The topological polar surface area (TPSA) is 185 Å². The Morgan fingerprint density at radius 3 is 1.40 bits per heavy atom. The lowest BCUT2D eigenvalue weighted by atomic mass is 10.0. The zero-order valence-corrected chi connectivity index (χ0v) is 33.7. The molecule has 0 aliphatic carbocycles. The minimum atomic E-state index is -0.801. The number of aromatic nitrogens is 2. The number of pyridine rings is 2. The molecule has 0 atom stereocenters. The highest BCUT2D eigenvalue weighted by Gasteiger charge is 2.23. The number of nitriles is 3. The van der Waals surface area contributed by atoms with Crippen LogP contribution in [-0.2, 0) is 25.9 Å². The first-order valence-corrected chi connectivity index (χ1v) is 20.1. The molecule has 0 saturated heterocycles. The minimum Gasteiger partial charge on any atom is -0.493 e. The van der Waals surface area contributed by atoms with Crippen LogP contribution < -0.4 is 11.1 Å². The van der Waals surface area contributed by atoms with E-state index in [0.29, 0.717) is 11.4 Å². The van der Waals surface area contributed by atoms with Crippen LogP contribution in [0.2, 0.25) is 0 Å². The van der Waals surface area contributed by atoms with Gasteiger partial charge in [-0.05, 0) is 74.9 Å². The van der Waals surface area contributed by atoms with Crippen molar-refractivity contribution < 1.29 is 5.11 Å². The molecule has 2 heterocycles. The maximum atomic E-state index is 13.5. The normalized spacial score (nSPS) is 11.2. The van der Waals surface area contributed by atoms with Crippen molar-refractivity contribution in [2.45, 2.75) is 131 Å². The molecule has 0 bridgehead atoms. The molecular formula is C45H53N9O3. The second kappa shape index (κ2) is 22.4. The molecule has 4 rings (SSSR count). The van der Waals surface area contributed by atoms with Gasteiger partial charge in [0.05, 0.1) is 11.4 Å². The highest BCUT2D eigenvalue weighted by atomic mass is 16.3. The zero-order valence-electron chi connectivity index (χ0n) is 33.7. The molecule has 0 radical (unpaired) electrons. The number of hydrogen-bond acceptors (Lipinski definition) is 10. The molecule has 296 valence electrons. The summed E-state index contributed by atoms with van der Waals surface area (Å²) in [6.45, 7) is 6.78. The standard InChI is InChI=1S/C45H53N9O3/c1-5-7-9-11-13-15-17-34-19-23-36(24-20-34)49-51-41-32(3)38(29-46)43(55)53(40(41)31-48)27-28-54-44(56)39(30-47)33(4)42(45(54)57)52-50-37-25-21-35(22-26-37)18-16-14-12-10-8-6-2/h19-26,57H,5-18,27-28H2,1-4H3/b51-49+,52-50+. The lowest BCUT2D eigenvalue weighted by Crippen LogP contribution is -2.31. The molecule has 2 aromatic heterocycles. The number of hydrogen-bond donors (Lipinski definition) is 1. The van der Waals surface area contributed by atoms with E-state index in [9.17, 15) is 30.5 Å². The van der Waals surface area contributed by atoms with E-state index in [0.717, 1.165) is 34.8 Å². The van der Waals surface area contributed by atoms with E-state index in [1.807, 2.05) is 66.7 Å². The number of aromatic hydroxyl groups is 1. The smallest absolute Gasteiger partial charge is 0.271 e. The largest absolute Gasteiger partial charge is 0.493 e. The number of azo groups is 2. The van der Waals surface area contributed by atoms with E-state index in [2.05, 4.69) is 34.3 Å². The molecule has 57 heavy (non-hydrogen) atoms. The van der Waals surface area contributed by atoms with Gasteiger partial charge in [0, 0.05) is 24.2 Å². The summed E-state index contributed by atoms with van der Waals surface area (Å²) in [5, 5.41) is 58.6. The van der Waals surface area contributed by atoms with Gasteiger partial charge >= 0.3 is 0 Å². The van der Waals surface area contributed by atoms with Crippen LogP contribution in [0.4, 0.5) is 22.7 Å². The van der Waals surface area contributed by atoms with Gasteiger partial charge in [0.2, 0.25) is 5.88 Å². The van der Waals surface area contributed by atoms with Gasteiger partial charge in [-0.15, -0.1) is 10.2 Å². The Morgan fingerprint density at radius 2 is 0.947 bits per heavy atom. The maximum Gasteiger partial charge on any atom is 0.271 e. The average molecular weight is 768 g/mol. The summed E-state index contributed by atoms with van der Waals surface area (Å²) in [5.74, 6) is -0.557. The number of rotatable bonds is 21. The van der Waals surface area contributed by atoms with Crippen molar-refractivity contribution in [3.63, 3.8) is 0 Å². The number of benzene rings is 2. The Morgan fingerprint density at radius 1 is 0.544 bits per heavy atom. The molecule has 0 unspecified atom stereocenters. The predicted octanol–water partition coefficient (Wildman–Crippen LogP) is 11.3. The fourth-order valence-corrected chi connectivity index (χ4v) is 6.76. The van der Waals surface area contributed by atoms with Gasteiger partial charge in [-0.1, -0.05) is 102 Å². The van der Waals surface area contributed by atoms with E-state index in [-0.39, 0.29) is 52.4 Å². The highest BCUT2D eigenvalue weighted by Crippen LogP contribution is 2.33. The molecule has 2 aromatic carbocycles. The van der Waals surface area contributed by atoms with Crippen LogP contribution in [0.15, 0.2) is 78.6 Å². The van der Waals surface area contributed by atoms with Crippen molar-refractivity contribution in [1.29, 1.82) is 15.8 Å². The van der Waals surface area contributed by atoms with Crippen LogP contribution in [0.3, 0.4) is 0 Å². The van der Waals surface area contributed by atoms with E-state index in [1.165, 1.54) is 89.2 Å². The summed E-state index contributed by atoms with van der Waals surface area (Å²) in [6, 6.07) is 21.1. The van der Waals surface area contributed by atoms with Gasteiger partial charge in [-0.2, -0.15) is 26.0 Å². The van der Waals surface area contributed by atoms with Crippen LogP contribution in [0.5, 0.6) is 5.88 Å². The van der Waals surface area contributed by atoms with Gasteiger partial charge < -0.3 is 5.11 Å². The summed E-state index contributed by atoms with van der Waals surface area (Å²) in [6.07, 6.45) is 16.5. The minimum absolute atomic E-state index is 0.0375. The Kier molecular flexibility index (Phi) is 17.1. The van der Waals surface area contributed by atoms with Gasteiger partial charge in [-0.25, -0.2) is 0 Å². The lowest BCUT2D eigenvalue weighted by Gasteiger charge is -2.16. The van der Waals surface area contributed by atoms with E-state index in [1.54, 1.807) is 0 Å². The van der Waals surface area contributed by atoms with Crippen molar-refractivity contribution in [2.75, 3.05) is 0 Å². The van der Waals surface area contributed by atoms with Crippen LogP contribution in [0.25, 0.3) is 0 Å². The predicted molar refractivity (Wildman–Crippen MR) is 222 cm³/mol. The van der Waals surface area contributed by atoms with E-state index < -0.39 is 17.0 Å². The molecule has 0 fully saturated rings. The maximum absolute atomic E-state index is 13.5. The van der Waals surface area contributed by atoms with Crippen molar-refractivity contribution in [1.82, 2.24) is 9.13 Å². The zero-order chi connectivity index (χ0) is 41.2. The fraction of sp³-hybridized carbons (Fsp3) is 0.444. The Labute approximate surface area is 335 Å². The molecule has 0 spiro atoms. The monoisotopic (exact) mass is 767 g/mol. The highest BCUT2D eigenvalue weighted by molar-refractivity contribution is 5.61. The SMILES string of the molecule is CCCCCCCCc1ccc(/N=N/c2c(C)c(C#N)c(=O)n(CCn3c(C#N)c(/N=N/c4ccc(CCCCCCCC)cc4)c(C)c(C#N)c3=O)c2O)cc1. The third-order valence-corrected chi connectivity index (χ3v) is 10.3. The summed E-state index contributed by atoms with van der Waals surface area (Å²) < 4.78 is 1.95. The summed E-state index contributed by atoms with van der Waals surface area (Å²) in [5.41, 5.74) is 1.51. The molecular weight excluding hydrogens is 715 g/mol. The second-order valence-electron chi connectivity index (χ2n) is 14.4. The first-order valence-electron chi connectivity index (χ1n) is 20.1. The molecule has 0 aliphatic rings.